The van der Waals surface area contributed by atoms with E-state index in [1.807, 2.05) is 18.2 Å². The predicted molar refractivity (Wildman–Crippen MR) is 129 cm³/mol. The maximum Gasteiger partial charge on any atom is 0.191 e. The molecule has 29 heavy (non-hydrogen) atoms. The summed E-state index contributed by atoms with van der Waals surface area (Å²) in [4.78, 5) is 4.33. The molecule has 0 aliphatic rings. The summed E-state index contributed by atoms with van der Waals surface area (Å²) in [7, 11) is 6.66. The van der Waals surface area contributed by atoms with Crippen molar-refractivity contribution in [1.82, 2.24) is 10.6 Å². The predicted octanol–water partition coefficient (Wildman–Crippen LogP) is 4.02. The molecule has 0 aliphatic carbocycles. The topological polar surface area (TPSA) is 64.1 Å². The molecule has 0 bridgehead atoms. The summed E-state index contributed by atoms with van der Waals surface area (Å²) >= 11 is 0. The average molecular weight is 513 g/mol. The van der Waals surface area contributed by atoms with E-state index in [-0.39, 0.29) is 30.0 Å². The third-order valence-corrected chi connectivity index (χ3v) is 4.57. The van der Waals surface area contributed by atoms with Gasteiger partial charge in [-0.2, -0.15) is 0 Å². The van der Waals surface area contributed by atoms with Crippen LogP contribution in [0.2, 0.25) is 0 Å². The zero-order valence-corrected chi connectivity index (χ0v) is 20.2. The van der Waals surface area contributed by atoms with Gasteiger partial charge in [0.15, 0.2) is 5.96 Å². The molecule has 7 heteroatoms. The van der Waals surface area contributed by atoms with Crippen LogP contribution in [0.15, 0.2) is 47.5 Å². The van der Waals surface area contributed by atoms with Gasteiger partial charge in [0.1, 0.15) is 17.2 Å². The van der Waals surface area contributed by atoms with Crippen LogP contribution in [-0.4, -0.2) is 40.4 Å². The number of nitrogens with one attached hydrogen (secondary N) is 2. The van der Waals surface area contributed by atoms with E-state index in [0.717, 1.165) is 24.4 Å². The Hall–Kier alpha value is -2.16. The zero-order valence-electron chi connectivity index (χ0n) is 17.8. The molecule has 0 saturated carbocycles. The molecule has 1 unspecified atom stereocenters. The minimum Gasteiger partial charge on any atom is -0.496 e. The summed E-state index contributed by atoms with van der Waals surface area (Å²) in [5.41, 5.74) is 2.25. The highest BCUT2D eigenvalue weighted by atomic mass is 127. The highest BCUT2D eigenvalue weighted by Crippen LogP contribution is 2.33. The van der Waals surface area contributed by atoms with Crippen LogP contribution in [0.1, 0.15) is 24.5 Å². The standard InChI is InChI=1S/C22H31N3O3.HI/c1-16(11-12-17-9-7-6-8-10-17)25-22(23-2)24-15-19-20(27-4)13-18(26-3)14-21(19)28-5;/h6-10,13-14,16H,11-12,15H2,1-5H3,(H2,23,24,25);1H. The second-order valence-corrected chi connectivity index (χ2v) is 6.51. The molecule has 6 nitrogen and oxygen atoms in total. The fourth-order valence-electron chi connectivity index (χ4n) is 2.95. The van der Waals surface area contributed by atoms with Gasteiger partial charge in [-0.15, -0.1) is 24.0 Å². The first-order valence-corrected chi connectivity index (χ1v) is 9.41. The largest absolute Gasteiger partial charge is 0.496 e. The van der Waals surface area contributed by atoms with Gasteiger partial charge in [-0.05, 0) is 25.3 Å². The molecule has 0 aromatic heterocycles. The molecule has 2 aromatic rings. The minimum absolute atomic E-state index is 0. The normalized spacial score (nSPS) is 11.8. The number of ether oxygens (including phenoxy) is 3. The van der Waals surface area contributed by atoms with E-state index in [4.69, 9.17) is 14.2 Å². The van der Waals surface area contributed by atoms with Gasteiger partial charge in [0.2, 0.25) is 0 Å². The van der Waals surface area contributed by atoms with Gasteiger partial charge in [0.05, 0.1) is 33.4 Å². The first kappa shape index (κ1) is 24.9. The fourth-order valence-corrected chi connectivity index (χ4v) is 2.95. The van der Waals surface area contributed by atoms with E-state index in [1.54, 1.807) is 28.4 Å². The van der Waals surface area contributed by atoms with Crippen LogP contribution in [0.5, 0.6) is 17.2 Å². The van der Waals surface area contributed by atoms with Gasteiger partial charge in [-0.3, -0.25) is 4.99 Å². The van der Waals surface area contributed by atoms with Crippen molar-refractivity contribution >= 4 is 29.9 Å². The highest BCUT2D eigenvalue weighted by molar-refractivity contribution is 14.0. The molecule has 2 aromatic carbocycles. The Kier molecular flexibility index (Phi) is 11.3. The molecule has 0 radical (unpaired) electrons. The number of halogens is 1. The quantitative estimate of drug-likeness (QED) is 0.302. The Balaban J connectivity index is 0.00000420. The summed E-state index contributed by atoms with van der Waals surface area (Å²) < 4.78 is 16.3. The van der Waals surface area contributed by atoms with E-state index in [9.17, 15) is 0 Å². The molecule has 2 N–H and O–H groups in total. The van der Waals surface area contributed by atoms with Crippen molar-refractivity contribution in [2.45, 2.75) is 32.4 Å². The number of guanidine groups is 1. The Bertz CT molecular complexity index is 744. The highest BCUT2D eigenvalue weighted by Gasteiger charge is 2.14. The van der Waals surface area contributed by atoms with Gasteiger partial charge in [-0.25, -0.2) is 0 Å². The van der Waals surface area contributed by atoms with Crippen molar-refractivity contribution in [2.75, 3.05) is 28.4 Å². The van der Waals surface area contributed by atoms with Gasteiger partial charge < -0.3 is 24.8 Å². The molecule has 0 fully saturated rings. The molecule has 160 valence electrons. The number of hydrogen-bond donors (Lipinski definition) is 2. The zero-order chi connectivity index (χ0) is 20.4. The molecule has 0 aliphatic heterocycles. The molecular formula is C22H32IN3O3. The minimum atomic E-state index is 0. The molecule has 0 spiro atoms. The lowest BCUT2D eigenvalue weighted by molar-refractivity contribution is 0.368. The van der Waals surface area contributed by atoms with E-state index in [0.29, 0.717) is 23.8 Å². The van der Waals surface area contributed by atoms with Gasteiger partial charge in [-0.1, -0.05) is 30.3 Å². The van der Waals surface area contributed by atoms with Crippen LogP contribution in [-0.2, 0) is 13.0 Å². The Morgan fingerprint density at radius 3 is 2.14 bits per heavy atom. The van der Waals surface area contributed by atoms with Crippen LogP contribution < -0.4 is 24.8 Å². The molecule has 2 rings (SSSR count). The van der Waals surface area contributed by atoms with Crippen molar-refractivity contribution < 1.29 is 14.2 Å². The van der Waals surface area contributed by atoms with Crippen LogP contribution in [0.3, 0.4) is 0 Å². The van der Waals surface area contributed by atoms with Crippen molar-refractivity contribution in [3.05, 3.63) is 53.6 Å². The van der Waals surface area contributed by atoms with Crippen molar-refractivity contribution in [1.29, 1.82) is 0 Å². The second-order valence-electron chi connectivity index (χ2n) is 6.51. The third-order valence-electron chi connectivity index (χ3n) is 4.57. The first-order valence-electron chi connectivity index (χ1n) is 9.41. The summed E-state index contributed by atoms with van der Waals surface area (Å²) in [6.07, 6.45) is 2.03. The third kappa shape index (κ3) is 7.64. The number of nitrogens with zero attached hydrogens (tertiary/aromatic N) is 1. The van der Waals surface area contributed by atoms with Crippen LogP contribution in [0, 0.1) is 0 Å². The molecular weight excluding hydrogens is 481 g/mol. The lowest BCUT2D eigenvalue weighted by Gasteiger charge is -2.20. The van der Waals surface area contributed by atoms with Gasteiger partial charge in [0.25, 0.3) is 0 Å². The van der Waals surface area contributed by atoms with Crippen LogP contribution >= 0.6 is 24.0 Å². The second kappa shape index (κ2) is 13.1. The molecule has 0 saturated heterocycles. The van der Waals surface area contributed by atoms with E-state index in [1.165, 1.54) is 5.56 Å². The number of benzene rings is 2. The lowest BCUT2D eigenvalue weighted by atomic mass is 10.1. The Morgan fingerprint density at radius 2 is 1.62 bits per heavy atom. The maximum atomic E-state index is 5.50. The summed E-state index contributed by atoms with van der Waals surface area (Å²) in [5, 5.41) is 6.78. The summed E-state index contributed by atoms with van der Waals surface area (Å²) in [5.74, 6) is 2.84. The molecule has 1 atom stereocenters. The van der Waals surface area contributed by atoms with E-state index < -0.39 is 0 Å². The lowest BCUT2D eigenvalue weighted by Crippen LogP contribution is -2.42. The smallest absolute Gasteiger partial charge is 0.191 e. The monoisotopic (exact) mass is 513 g/mol. The van der Waals surface area contributed by atoms with Crippen LogP contribution in [0.4, 0.5) is 0 Å². The number of hydrogen-bond acceptors (Lipinski definition) is 4. The average Bonchev–Trinajstić information content (AvgIpc) is 2.75. The van der Waals surface area contributed by atoms with Gasteiger partial charge in [0, 0.05) is 25.2 Å². The summed E-state index contributed by atoms with van der Waals surface area (Å²) in [6, 6.07) is 14.5. The van der Waals surface area contributed by atoms with Crippen LogP contribution in [0.25, 0.3) is 0 Å². The first-order chi connectivity index (χ1) is 13.6. The molecule has 0 heterocycles. The maximum absolute atomic E-state index is 5.50. The number of aryl methyl sites for hydroxylation is 1. The fraction of sp³-hybridized carbons (Fsp3) is 0.409. The van der Waals surface area contributed by atoms with E-state index in [2.05, 4.69) is 46.8 Å². The van der Waals surface area contributed by atoms with Crippen molar-refractivity contribution in [2.24, 2.45) is 4.99 Å². The van der Waals surface area contributed by atoms with Crippen molar-refractivity contribution in [3.8, 4) is 17.2 Å². The van der Waals surface area contributed by atoms with E-state index >= 15 is 0 Å². The SMILES string of the molecule is CN=C(NCc1c(OC)cc(OC)cc1OC)NC(C)CCc1ccccc1.I. The number of aliphatic imine (C=N–C) groups is 1. The van der Waals surface area contributed by atoms with Crippen molar-refractivity contribution in [3.63, 3.8) is 0 Å². The summed E-state index contributed by atoms with van der Waals surface area (Å²) in [6.45, 7) is 2.67. The number of rotatable bonds is 9. The molecule has 0 amide bonds. The number of methoxy groups -OCH3 is 3. The Labute approximate surface area is 191 Å². The van der Waals surface area contributed by atoms with Gasteiger partial charge >= 0.3 is 0 Å². The Morgan fingerprint density at radius 1 is 1.00 bits per heavy atom.